The van der Waals surface area contributed by atoms with Gasteiger partial charge < -0.3 is 19.9 Å². The van der Waals surface area contributed by atoms with Crippen LogP contribution in [0.1, 0.15) is 49.7 Å². The number of aliphatic carboxylic acids is 1. The van der Waals surface area contributed by atoms with E-state index in [0.717, 1.165) is 19.3 Å². The van der Waals surface area contributed by atoms with Crippen molar-refractivity contribution < 1.29 is 24.2 Å². The Labute approximate surface area is 187 Å². The van der Waals surface area contributed by atoms with Gasteiger partial charge in [0.15, 0.2) is 11.5 Å². The van der Waals surface area contributed by atoms with Gasteiger partial charge in [-0.25, -0.2) is 4.79 Å². The highest BCUT2D eigenvalue weighted by Crippen LogP contribution is 2.32. The molecule has 7 nitrogen and oxygen atoms in total. The lowest BCUT2D eigenvalue weighted by Gasteiger charge is -2.11. The minimum Gasteiger partial charge on any atom is -0.493 e. The highest BCUT2D eigenvalue weighted by atomic mass is 16.5. The smallest absolute Gasteiger partial charge is 0.352 e. The Bertz CT molecular complexity index is 1030. The molecule has 1 saturated carbocycles. The Hall–Kier alpha value is -3.79. The number of hydrogen-bond acceptors (Lipinski definition) is 5. The first kappa shape index (κ1) is 22.9. The number of methoxy groups -OCH3 is 1. The lowest BCUT2D eigenvalue weighted by atomic mass is 10.0. The molecule has 1 aliphatic carbocycles. The predicted octanol–water partition coefficient (Wildman–Crippen LogP) is 4.87. The van der Waals surface area contributed by atoms with E-state index >= 15 is 0 Å². The van der Waals surface area contributed by atoms with Gasteiger partial charge in [-0.2, -0.15) is 5.26 Å². The number of nitriles is 1. The van der Waals surface area contributed by atoms with Gasteiger partial charge >= 0.3 is 5.97 Å². The Morgan fingerprint density at radius 2 is 1.88 bits per heavy atom. The quantitative estimate of drug-likeness (QED) is 0.545. The van der Waals surface area contributed by atoms with Crippen molar-refractivity contribution >= 4 is 18.0 Å². The maximum absolute atomic E-state index is 12.2. The summed E-state index contributed by atoms with van der Waals surface area (Å²) >= 11 is 0. The van der Waals surface area contributed by atoms with Gasteiger partial charge in [0.2, 0.25) is 5.91 Å². The van der Waals surface area contributed by atoms with Crippen molar-refractivity contribution in [2.75, 3.05) is 7.11 Å². The summed E-state index contributed by atoms with van der Waals surface area (Å²) in [6, 6.07) is 13.7. The number of nitrogens with zero attached hydrogens (tertiary/aromatic N) is 1. The molecule has 0 atom stereocenters. The van der Waals surface area contributed by atoms with E-state index < -0.39 is 5.97 Å². The third-order valence-corrected chi connectivity index (χ3v) is 5.47. The Morgan fingerprint density at radius 1 is 1.16 bits per heavy atom. The number of rotatable bonds is 9. The molecule has 2 aromatic rings. The fraction of sp³-hybridized carbons (Fsp3) is 0.320. The first-order chi connectivity index (χ1) is 15.5. The average Bonchev–Trinajstić information content (AvgIpc) is 3.32. The van der Waals surface area contributed by atoms with Crippen LogP contribution < -0.4 is 14.8 Å². The molecule has 0 aliphatic heterocycles. The number of benzene rings is 2. The SMILES string of the molecule is COc1cc(C#N)ccc1Oc1ccc(/C=C(/NC(=O)CCC2CCCC2)C(=O)O)cc1. The molecule has 0 unspecified atom stereocenters. The number of carbonyl (C=O) groups excluding carboxylic acids is 1. The second kappa shape index (κ2) is 11.0. The van der Waals surface area contributed by atoms with Gasteiger partial charge in [0.25, 0.3) is 0 Å². The number of carbonyl (C=O) groups is 2. The van der Waals surface area contributed by atoms with Gasteiger partial charge in [-0.3, -0.25) is 4.79 Å². The highest BCUT2D eigenvalue weighted by molar-refractivity contribution is 5.96. The van der Waals surface area contributed by atoms with Gasteiger partial charge in [-0.05, 0) is 48.2 Å². The molecule has 0 heterocycles. The number of hydrogen-bond donors (Lipinski definition) is 2. The van der Waals surface area contributed by atoms with Gasteiger partial charge in [0, 0.05) is 12.5 Å². The molecule has 0 spiro atoms. The first-order valence-electron chi connectivity index (χ1n) is 10.6. The molecule has 1 aliphatic rings. The maximum atomic E-state index is 12.2. The molecular formula is C25H26N2O5. The Balaban J connectivity index is 1.64. The zero-order valence-electron chi connectivity index (χ0n) is 18.0. The van der Waals surface area contributed by atoms with Crippen molar-refractivity contribution in [1.82, 2.24) is 5.32 Å². The lowest BCUT2D eigenvalue weighted by Crippen LogP contribution is -2.27. The summed E-state index contributed by atoms with van der Waals surface area (Å²) < 4.78 is 11.1. The summed E-state index contributed by atoms with van der Waals surface area (Å²) in [5.41, 5.74) is 0.905. The summed E-state index contributed by atoms with van der Waals surface area (Å²) in [4.78, 5) is 23.8. The summed E-state index contributed by atoms with van der Waals surface area (Å²) in [5.74, 6) is 0.500. The Morgan fingerprint density at radius 3 is 2.50 bits per heavy atom. The molecule has 0 radical (unpaired) electrons. The van der Waals surface area contributed by atoms with Crippen molar-refractivity contribution in [2.45, 2.75) is 38.5 Å². The number of ether oxygens (including phenoxy) is 2. The van der Waals surface area contributed by atoms with E-state index in [4.69, 9.17) is 14.7 Å². The van der Waals surface area contributed by atoms with Gasteiger partial charge in [-0.1, -0.05) is 37.8 Å². The van der Waals surface area contributed by atoms with Crippen molar-refractivity contribution in [3.05, 3.63) is 59.3 Å². The van der Waals surface area contributed by atoms with Crippen molar-refractivity contribution in [3.8, 4) is 23.3 Å². The summed E-state index contributed by atoms with van der Waals surface area (Å²) in [7, 11) is 1.49. The van der Waals surface area contributed by atoms with Crippen molar-refractivity contribution in [2.24, 2.45) is 5.92 Å². The lowest BCUT2D eigenvalue weighted by molar-refractivity contribution is -0.134. The summed E-state index contributed by atoms with van der Waals surface area (Å²) in [6.07, 6.45) is 7.27. The van der Waals surface area contributed by atoms with Gasteiger partial charge in [0.1, 0.15) is 11.4 Å². The molecule has 7 heteroatoms. The van der Waals surface area contributed by atoms with Crippen LogP contribution in [0, 0.1) is 17.2 Å². The Kier molecular flexibility index (Phi) is 7.87. The zero-order valence-corrected chi connectivity index (χ0v) is 18.0. The summed E-state index contributed by atoms with van der Waals surface area (Å²) in [6.45, 7) is 0. The first-order valence-corrected chi connectivity index (χ1v) is 10.6. The summed E-state index contributed by atoms with van der Waals surface area (Å²) in [5, 5.41) is 21.0. The van der Waals surface area contributed by atoms with Crippen LogP contribution in [-0.4, -0.2) is 24.1 Å². The number of carboxylic acid groups (broad SMARTS) is 1. The van der Waals surface area contributed by atoms with E-state index in [1.165, 1.54) is 26.0 Å². The normalized spacial score (nSPS) is 13.9. The molecule has 32 heavy (non-hydrogen) atoms. The van der Waals surface area contributed by atoms with E-state index in [1.807, 2.05) is 6.07 Å². The molecule has 2 N–H and O–H groups in total. The standard InChI is InChI=1S/C25H26N2O5/c1-31-23-15-19(16-26)8-12-22(23)32-20-10-6-18(7-11-20)14-21(25(29)30)27-24(28)13-9-17-4-2-3-5-17/h6-8,10-12,14-15,17H,2-5,9,13H2,1H3,(H,27,28)(H,29,30)/b21-14+. The van der Waals surface area contributed by atoms with E-state index in [-0.39, 0.29) is 11.6 Å². The highest BCUT2D eigenvalue weighted by Gasteiger charge is 2.18. The maximum Gasteiger partial charge on any atom is 0.352 e. The third kappa shape index (κ3) is 6.35. The van der Waals surface area contributed by atoms with Crippen LogP contribution >= 0.6 is 0 Å². The van der Waals surface area contributed by atoms with E-state index in [9.17, 15) is 14.7 Å². The molecule has 166 valence electrons. The molecule has 3 rings (SSSR count). The molecule has 1 fully saturated rings. The van der Waals surface area contributed by atoms with Crippen molar-refractivity contribution in [1.29, 1.82) is 5.26 Å². The second-order valence-electron chi connectivity index (χ2n) is 7.75. The van der Waals surface area contributed by atoms with E-state index in [0.29, 0.717) is 40.7 Å². The molecule has 1 amide bonds. The minimum atomic E-state index is -1.19. The second-order valence-corrected chi connectivity index (χ2v) is 7.75. The van der Waals surface area contributed by atoms with Crippen LogP contribution in [0.2, 0.25) is 0 Å². The number of amides is 1. The molecular weight excluding hydrogens is 408 g/mol. The zero-order chi connectivity index (χ0) is 22.9. The monoisotopic (exact) mass is 434 g/mol. The molecule has 0 bridgehead atoms. The van der Waals surface area contributed by atoms with Crippen LogP contribution in [0.15, 0.2) is 48.2 Å². The van der Waals surface area contributed by atoms with Crippen molar-refractivity contribution in [3.63, 3.8) is 0 Å². The number of carboxylic acids is 1. The third-order valence-electron chi connectivity index (χ3n) is 5.47. The topological polar surface area (TPSA) is 109 Å². The molecule has 2 aromatic carbocycles. The van der Waals surface area contributed by atoms with Crippen LogP contribution in [-0.2, 0) is 9.59 Å². The fourth-order valence-corrected chi connectivity index (χ4v) is 3.75. The minimum absolute atomic E-state index is 0.163. The van der Waals surface area contributed by atoms with Crippen LogP contribution in [0.4, 0.5) is 0 Å². The van der Waals surface area contributed by atoms with Gasteiger partial charge in [-0.15, -0.1) is 0 Å². The van der Waals surface area contributed by atoms with Crippen LogP contribution in [0.3, 0.4) is 0 Å². The average molecular weight is 434 g/mol. The molecule has 0 saturated heterocycles. The van der Waals surface area contributed by atoms with Crippen LogP contribution in [0.25, 0.3) is 6.08 Å². The molecule has 0 aromatic heterocycles. The fourth-order valence-electron chi connectivity index (χ4n) is 3.75. The largest absolute Gasteiger partial charge is 0.493 e. The van der Waals surface area contributed by atoms with E-state index in [1.54, 1.807) is 42.5 Å². The van der Waals surface area contributed by atoms with E-state index in [2.05, 4.69) is 5.32 Å². The van der Waals surface area contributed by atoms with Crippen LogP contribution in [0.5, 0.6) is 17.2 Å². The van der Waals surface area contributed by atoms with Gasteiger partial charge in [0.05, 0.1) is 18.7 Å². The predicted molar refractivity (Wildman–Crippen MR) is 119 cm³/mol. The number of nitrogens with one attached hydrogen (secondary N) is 1.